The number of pyridine rings is 1. The van der Waals surface area contributed by atoms with Gasteiger partial charge in [-0.2, -0.15) is 5.10 Å². The highest BCUT2D eigenvalue weighted by molar-refractivity contribution is 7.09. The van der Waals surface area contributed by atoms with Gasteiger partial charge in [-0.1, -0.05) is 6.07 Å². The lowest BCUT2D eigenvalue weighted by Crippen LogP contribution is -2.39. The first-order valence-corrected chi connectivity index (χ1v) is 13.0. The van der Waals surface area contributed by atoms with Crippen molar-refractivity contribution in [3.05, 3.63) is 63.1 Å². The molecular formula is C25H30N6O2S. The van der Waals surface area contributed by atoms with Crippen LogP contribution in [-0.4, -0.2) is 61.0 Å². The molecule has 2 aliphatic rings. The highest BCUT2D eigenvalue weighted by atomic mass is 32.1. The molecular weight excluding hydrogens is 448 g/mol. The molecule has 3 aromatic heterocycles. The van der Waals surface area contributed by atoms with E-state index in [1.165, 1.54) is 23.3 Å². The quantitative estimate of drug-likeness (QED) is 0.541. The maximum atomic E-state index is 13.5. The second kappa shape index (κ2) is 10.0. The molecule has 0 radical (unpaired) electrons. The Hall–Kier alpha value is -3.07. The van der Waals surface area contributed by atoms with Gasteiger partial charge >= 0.3 is 0 Å². The molecule has 2 amide bonds. The monoisotopic (exact) mass is 478 g/mol. The Labute approximate surface area is 203 Å². The van der Waals surface area contributed by atoms with Gasteiger partial charge in [-0.05, 0) is 50.7 Å². The summed E-state index contributed by atoms with van der Waals surface area (Å²) in [6.07, 6.45) is 9.43. The summed E-state index contributed by atoms with van der Waals surface area (Å²) >= 11 is 1.48. The molecule has 178 valence electrons. The van der Waals surface area contributed by atoms with Crippen LogP contribution in [0.1, 0.15) is 68.5 Å². The molecule has 0 saturated carbocycles. The summed E-state index contributed by atoms with van der Waals surface area (Å²) in [6.45, 7) is 5.21. The molecule has 5 rings (SSSR count). The van der Waals surface area contributed by atoms with Crippen LogP contribution < -0.4 is 0 Å². The fourth-order valence-corrected chi connectivity index (χ4v) is 5.46. The van der Waals surface area contributed by atoms with Crippen molar-refractivity contribution >= 4 is 23.2 Å². The Morgan fingerprint density at radius 1 is 1.09 bits per heavy atom. The van der Waals surface area contributed by atoms with Crippen LogP contribution in [0.2, 0.25) is 0 Å². The van der Waals surface area contributed by atoms with Gasteiger partial charge < -0.3 is 9.80 Å². The van der Waals surface area contributed by atoms with Gasteiger partial charge in [-0.15, -0.1) is 11.3 Å². The Morgan fingerprint density at radius 3 is 2.68 bits per heavy atom. The maximum Gasteiger partial charge on any atom is 0.274 e. The van der Waals surface area contributed by atoms with Crippen molar-refractivity contribution < 1.29 is 9.59 Å². The van der Waals surface area contributed by atoms with Crippen LogP contribution in [0.25, 0.3) is 0 Å². The van der Waals surface area contributed by atoms with E-state index in [1.807, 2.05) is 39.0 Å². The predicted octanol–water partition coefficient (Wildman–Crippen LogP) is 3.50. The van der Waals surface area contributed by atoms with Crippen molar-refractivity contribution in [2.45, 2.75) is 58.5 Å². The summed E-state index contributed by atoms with van der Waals surface area (Å²) in [5.41, 5.74) is 4.20. The molecule has 1 saturated heterocycles. The fraction of sp³-hybridized carbons (Fsp3) is 0.480. The third-order valence-corrected chi connectivity index (χ3v) is 7.44. The van der Waals surface area contributed by atoms with Gasteiger partial charge in [0.25, 0.3) is 11.8 Å². The number of aryl methyl sites for hydroxylation is 3. The lowest BCUT2D eigenvalue weighted by Gasteiger charge is -2.29. The summed E-state index contributed by atoms with van der Waals surface area (Å²) in [5, 5.41) is 7.52. The Kier molecular flexibility index (Phi) is 6.71. The van der Waals surface area contributed by atoms with Gasteiger partial charge in [-0.25, -0.2) is 4.98 Å². The molecule has 9 heteroatoms. The Balaban J connectivity index is 1.38. The van der Waals surface area contributed by atoms with E-state index < -0.39 is 0 Å². The number of fused-ring (bicyclic) bond motifs is 1. The lowest BCUT2D eigenvalue weighted by atomic mass is 10.0. The van der Waals surface area contributed by atoms with Crippen LogP contribution in [0.4, 0.5) is 0 Å². The predicted molar refractivity (Wildman–Crippen MR) is 130 cm³/mol. The minimum atomic E-state index is -0.0734. The minimum absolute atomic E-state index is 0.000705. The standard InChI is InChI=1S/C25H30N6O2S/c1-18-27-21(17-34-18)24(32)30-14-9-22-20(16-30)23(25(33)29-11-3-2-4-12-29)28-31(22)13-6-8-19-7-5-10-26-15-19/h5,7,10,15,17H,2-4,6,8-9,11-14,16H2,1H3. The molecule has 3 aromatic rings. The number of amides is 2. The smallest absolute Gasteiger partial charge is 0.274 e. The number of carbonyl (C=O) groups excluding carboxylic acids is 2. The molecule has 34 heavy (non-hydrogen) atoms. The Morgan fingerprint density at radius 2 is 1.94 bits per heavy atom. The summed E-state index contributed by atoms with van der Waals surface area (Å²) in [7, 11) is 0. The first kappa shape index (κ1) is 22.7. The zero-order valence-electron chi connectivity index (χ0n) is 19.6. The summed E-state index contributed by atoms with van der Waals surface area (Å²) in [6, 6.07) is 4.04. The molecule has 1 fully saturated rings. The zero-order valence-corrected chi connectivity index (χ0v) is 20.4. The van der Waals surface area contributed by atoms with E-state index in [9.17, 15) is 9.59 Å². The number of rotatable bonds is 6. The molecule has 0 atom stereocenters. The van der Waals surface area contributed by atoms with Crippen molar-refractivity contribution in [3.8, 4) is 0 Å². The number of hydrogen-bond acceptors (Lipinski definition) is 6. The van der Waals surface area contributed by atoms with E-state index in [2.05, 4.69) is 16.0 Å². The second-order valence-electron chi connectivity index (χ2n) is 9.04. The molecule has 2 aliphatic heterocycles. The van der Waals surface area contributed by atoms with Gasteiger partial charge in [0.05, 0.1) is 11.6 Å². The highest BCUT2D eigenvalue weighted by Gasteiger charge is 2.33. The van der Waals surface area contributed by atoms with Crippen molar-refractivity contribution in [2.75, 3.05) is 19.6 Å². The van der Waals surface area contributed by atoms with Gasteiger partial charge in [0.15, 0.2) is 5.69 Å². The van der Waals surface area contributed by atoms with Crippen molar-refractivity contribution in [2.24, 2.45) is 0 Å². The molecule has 8 nitrogen and oxygen atoms in total. The van der Waals surface area contributed by atoms with Gasteiger partial charge in [-0.3, -0.25) is 19.3 Å². The number of piperidine rings is 1. The molecule has 5 heterocycles. The highest BCUT2D eigenvalue weighted by Crippen LogP contribution is 2.26. The molecule has 0 unspecified atom stereocenters. The zero-order chi connectivity index (χ0) is 23.5. The van der Waals surface area contributed by atoms with Crippen molar-refractivity contribution in [1.82, 2.24) is 29.5 Å². The first-order chi connectivity index (χ1) is 16.6. The number of likely N-dealkylation sites (tertiary alicyclic amines) is 1. The van der Waals surface area contributed by atoms with Crippen LogP contribution in [-0.2, 0) is 25.9 Å². The third-order valence-electron chi connectivity index (χ3n) is 6.66. The molecule has 0 aliphatic carbocycles. The summed E-state index contributed by atoms with van der Waals surface area (Å²) in [5.74, 6) is -0.0727. The van der Waals surface area contributed by atoms with Gasteiger partial charge in [0.1, 0.15) is 5.69 Å². The summed E-state index contributed by atoms with van der Waals surface area (Å²) in [4.78, 5) is 38.8. The van der Waals surface area contributed by atoms with Crippen molar-refractivity contribution in [3.63, 3.8) is 0 Å². The average Bonchev–Trinajstić information content (AvgIpc) is 3.48. The number of thiazole rings is 1. The maximum absolute atomic E-state index is 13.5. The van der Waals surface area contributed by atoms with E-state index in [0.29, 0.717) is 30.9 Å². The molecule has 0 N–H and O–H groups in total. The van der Waals surface area contributed by atoms with Crippen LogP contribution in [0.15, 0.2) is 29.9 Å². The molecule has 0 aromatic carbocycles. The number of nitrogens with zero attached hydrogens (tertiary/aromatic N) is 6. The fourth-order valence-electron chi connectivity index (χ4n) is 4.87. The van der Waals surface area contributed by atoms with E-state index in [1.54, 1.807) is 6.20 Å². The van der Waals surface area contributed by atoms with E-state index in [-0.39, 0.29) is 11.8 Å². The SMILES string of the molecule is Cc1nc(C(=O)N2CCc3c(c(C(=O)N4CCCCC4)nn3CCCc3cccnc3)C2)cs1. The van der Waals surface area contributed by atoms with Gasteiger partial charge in [0, 0.05) is 61.6 Å². The van der Waals surface area contributed by atoms with Crippen LogP contribution in [0.5, 0.6) is 0 Å². The van der Waals surface area contributed by atoms with Crippen LogP contribution in [0.3, 0.4) is 0 Å². The van der Waals surface area contributed by atoms with Gasteiger partial charge in [0.2, 0.25) is 0 Å². The van der Waals surface area contributed by atoms with E-state index >= 15 is 0 Å². The largest absolute Gasteiger partial charge is 0.337 e. The number of hydrogen-bond donors (Lipinski definition) is 0. The number of aromatic nitrogens is 4. The van der Waals surface area contributed by atoms with Crippen molar-refractivity contribution in [1.29, 1.82) is 0 Å². The Bertz CT molecular complexity index is 1170. The van der Waals surface area contributed by atoms with Crippen LogP contribution in [0, 0.1) is 6.92 Å². The second-order valence-corrected chi connectivity index (χ2v) is 10.1. The van der Waals surface area contributed by atoms with E-state index in [0.717, 1.165) is 61.6 Å². The number of carbonyl (C=O) groups is 2. The van der Waals surface area contributed by atoms with Crippen LogP contribution >= 0.6 is 11.3 Å². The third kappa shape index (κ3) is 4.75. The molecule has 0 bridgehead atoms. The lowest BCUT2D eigenvalue weighted by molar-refractivity contribution is 0.0695. The summed E-state index contributed by atoms with van der Waals surface area (Å²) < 4.78 is 2.01. The van der Waals surface area contributed by atoms with E-state index in [4.69, 9.17) is 5.10 Å². The topological polar surface area (TPSA) is 84.2 Å². The molecule has 0 spiro atoms. The normalized spacial score (nSPS) is 15.9. The first-order valence-electron chi connectivity index (χ1n) is 12.1. The minimum Gasteiger partial charge on any atom is -0.337 e. The average molecular weight is 479 g/mol.